The van der Waals surface area contributed by atoms with Gasteiger partial charge in [-0.2, -0.15) is 0 Å². The third kappa shape index (κ3) is 3.73. The minimum atomic E-state index is -0.144. The molecule has 5 nitrogen and oxygen atoms in total. The maximum atomic E-state index is 5.50. The molecule has 0 unspecified atom stereocenters. The van der Waals surface area contributed by atoms with Gasteiger partial charge in [-0.1, -0.05) is 111 Å². The predicted molar refractivity (Wildman–Crippen MR) is 219 cm³/mol. The Kier molecular flexibility index (Phi) is 5.51. The molecular formula is C48H31N5. The second-order valence-electron chi connectivity index (χ2n) is 14.9. The summed E-state index contributed by atoms with van der Waals surface area (Å²) in [7, 11) is 0. The van der Waals surface area contributed by atoms with Crippen LogP contribution in [-0.4, -0.2) is 24.3 Å². The highest BCUT2D eigenvalue weighted by Gasteiger charge is 2.36. The molecule has 5 heteroatoms. The van der Waals surface area contributed by atoms with Crippen molar-refractivity contribution in [2.24, 2.45) is 0 Å². The van der Waals surface area contributed by atoms with Gasteiger partial charge in [-0.3, -0.25) is 4.57 Å². The number of fused-ring (bicyclic) bond motifs is 15. The van der Waals surface area contributed by atoms with E-state index in [1.165, 1.54) is 60.2 Å². The number of hydrogen-bond donors (Lipinski definition) is 0. The Balaban J connectivity index is 1.27. The van der Waals surface area contributed by atoms with Gasteiger partial charge in [0.05, 0.1) is 22.1 Å². The quantitative estimate of drug-likeness (QED) is 0.171. The van der Waals surface area contributed by atoms with Crippen LogP contribution in [-0.2, 0) is 5.41 Å². The molecule has 0 N–H and O–H groups in total. The molecule has 1 aliphatic carbocycles. The predicted octanol–water partition coefficient (Wildman–Crippen LogP) is 11.8. The Bertz CT molecular complexity index is 3310. The van der Waals surface area contributed by atoms with Gasteiger partial charge in [0.25, 0.3) is 5.95 Å². The monoisotopic (exact) mass is 677 g/mol. The normalized spacial score (nSPS) is 13.6. The van der Waals surface area contributed by atoms with Gasteiger partial charge in [-0.25, -0.2) is 4.98 Å². The molecule has 11 aromatic rings. The summed E-state index contributed by atoms with van der Waals surface area (Å²) in [6.45, 7) is 4.69. The topological polar surface area (TPSA) is 48.5 Å². The van der Waals surface area contributed by atoms with Crippen molar-refractivity contribution in [3.8, 4) is 22.8 Å². The summed E-state index contributed by atoms with van der Waals surface area (Å²) in [5, 5.41) is 19.2. The van der Waals surface area contributed by atoms with Crippen LogP contribution in [0.15, 0.2) is 152 Å². The SMILES string of the molecule is CC1(C)c2ccccc2-c2cc3c(cc21)c1cc2c(cc1c1nc(-n4c5ccccc5c5ccccc54)nnc31)c1ccccc1n2-c1ccccc1. The molecule has 0 aliphatic heterocycles. The lowest BCUT2D eigenvalue weighted by Gasteiger charge is -2.22. The fraction of sp³-hybridized carbons (Fsp3) is 0.0625. The van der Waals surface area contributed by atoms with Gasteiger partial charge >= 0.3 is 0 Å². The highest BCUT2D eigenvalue weighted by atomic mass is 15.3. The van der Waals surface area contributed by atoms with Crippen molar-refractivity contribution < 1.29 is 0 Å². The number of para-hydroxylation sites is 4. The largest absolute Gasteiger partial charge is 0.309 e. The third-order valence-corrected chi connectivity index (χ3v) is 11.8. The first-order chi connectivity index (χ1) is 26.1. The van der Waals surface area contributed by atoms with Crippen LogP contribution >= 0.6 is 0 Å². The summed E-state index contributed by atoms with van der Waals surface area (Å²) in [5.41, 5.74) is 12.3. The molecule has 8 aromatic carbocycles. The van der Waals surface area contributed by atoms with Crippen LogP contribution in [0.4, 0.5) is 0 Å². The summed E-state index contributed by atoms with van der Waals surface area (Å²) >= 11 is 0. The first-order valence-corrected chi connectivity index (χ1v) is 18.2. The van der Waals surface area contributed by atoms with E-state index in [-0.39, 0.29) is 5.41 Å². The van der Waals surface area contributed by atoms with Crippen LogP contribution in [0.3, 0.4) is 0 Å². The van der Waals surface area contributed by atoms with E-state index in [9.17, 15) is 0 Å². The molecule has 0 atom stereocenters. The second kappa shape index (κ2) is 10.1. The minimum Gasteiger partial charge on any atom is -0.309 e. The summed E-state index contributed by atoms with van der Waals surface area (Å²) in [4.78, 5) is 5.50. The molecule has 0 spiro atoms. The zero-order chi connectivity index (χ0) is 35.0. The van der Waals surface area contributed by atoms with Gasteiger partial charge in [0.15, 0.2) is 0 Å². The lowest BCUT2D eigenvalue weighted by molar-refractivity contribution is 0.661. The van der Waals surface area contributed by atoms with Crippen molar-refractivity contribution in [1.82, 2.24) is 24.3 Å². The maximum absolute atomic E-state index is 5.50. The van der Waals surface area contributed by atoms with Crippen molar-refractivity contribution >= 4 is 76.2 Å². The first kappa shape index (κ1) is 28.8. The molecular weight excluding hydrogens is 647 g/mol. The zero-order valence-corrected chi connectivity index (χ0v) is 29.2. The third-order valence-electron chi connectivity index (χ3n) is 11.8. The molecule has 53 heavy (non-hydrogen) atoms. The summed E-state index contributed by atoms with van der Waals surface area (Å²) in [6, 6.07) is 54.7. The van der Waals surface area contributed by atoms with Crippen molar-refractivity contribution in [3.63, 3.8) is 0 Å². The number of aromatic nitrogens is 5. The van der Waals surface area contributed by atoms with Gasteiger partial charge in [0, 0.05) is 43.4 Å². The van der Waals surface area contributed by atoms with E-state index in [2.05, 4.69) is 175 Å². The number of benzene rings is 8. The Morgan fingerprint density at radius 2 is 0.981 bits per heavy atom. The highest BCUT2D eigenvalue weighted by Crippen LogP contribution is 2.51. The average molecular weight is 678 g/mol. The van der Waals surface area contributed by atoms with Crippen LogP contribution in [0.5, 0.6) is 0 Å². The Hall–Kier alpha value is -6.85. The highest BCUT2D eigenvalue weighted by molar-refractivity contribution is 6.28. The van der Waals surface area contributed by atoms with Crippen molar-refractivity contribution in [2.45, 2.75) is 19.3 Å². The average Bonchev–Trinajstić information content (AvgIpc) is 3.80. The van der Waals surface area contributed by atoms with E-state index in [1.807, 2.05) is 0 Å². The van der Waals surface area contributed by atoms with Crippen LogP contribution in [0.25, 0.3) is 99.0 Å². The Labute approximate surface area is 304 Å². The molecule has 12 rings (SSSR count). The van der Waals surface area contributed by atoms with Gasteiger partial charge in [-0.05, 0) is 87.6 Å². The Morgan fingerprint density at radius 3 is 1.72 bits per heavy atom. The molecule has 3 aromatic heterocycles. The zero-order valence-electron chi connectivity index (χ0n) is 29.2. The van der Waals surface area contributed by atoms with E-state index >= 15 is 0 Å². The van der Waals surface area contributed by atoms with Crippen molar-refractivity contribution in [1.29, 1.82) is 0 Å². The lowest BCUT2D eigenvalue weighted by Crippen LogP contribution is -2.14. The molecule has 0 saturated carbocycles. The van der Waals surface area contributed by atoms with Gasteiger partial charge < -0.3 is 4.57 Å². The number of hydrogen-bond acceptors (Lipinski definition) is 3. The van der Waals surface area contributed by atoms with Crippen LogP contribution in [0.2, 0.25) is 0 Å². The second-order valence-corrected chi connectivity index (χ2v) is 14.9. The van der Waals surface area contributed by atoms with E-state index < -0.39 is 0 Å². The van der Waals surface area contributed by atoms with Crippen molar-refractivity contribution in [2.75, 3.05) is 0 Å². The molecule has 0 bridgehead atoms. The van der Waals surface area contributed by atoms with Crippen molar-refractivity contribution in [3.05, 3.63) is 163 Å². The van der Waals surface area contributed by atoms with E-state index in [4.69, 9.17) is 15.2 Å². The van der Waals surface area contributed by atoms with E-state index in [0.29, 0.717) is 5.95 Å². The molecule has 0 fully saturated rings. The first-order valence-electron chi connectivity index (χ1n) is 18.2. The standard InChI is InChI=1S/C48H31N5/c1-48(2)39-20-10-6-16-29(39)35-24-38-33(26-40(35)48)34-27-44-36(32-19-9-11-21-41(32)52(44)28-14-4-3-5-15-28)25-37(34)45-46(38)50-51-47(49-45)53-42-22-12-7-17-30(42)31-18-8-13-23-43(31)53/h3-27H,1-2H3. The number of rotatable bonds is 2. The number of nitrogens with zero attached hydrogens (tertiary/aromatic N) is 5. The fourth-order valence-corrected chi connectivity index (χ4v) is 9.37. The molecule has 0 radical (unpaired) electrons. The molecule has 1 aliphatic rings. The van der Waals surface area contributed by atoms with Gasteiger partial charge in [0.1, 0.15) is 11.0 Å². The van der Waals surface area contributed by atoms with Crippen LogP contribution < -0.4 is 0 Å². The summed E-state index contributed by atoms with van der Waals surface area (Å²) < 4.78 is 4.56. The molecule has 248 valence electrons. The fourth-order valence-electron chi connectivity index (χ4n) is 9.37. The van der Waals surface area contributed by atoms with Crippen LogP contribution in [0, 0.1) is 0 Å². The molecule has 0 amide bonds. The molecule has 0 saturated heterocycles. The Morgan fingerprint density at radius 1 is 0.396 bits per heavy atom. The van der Waals surface area contributed by atoms with E-state index in [1.54, 1.807) is 0 Å². The van der Waals surface area contributed by atoms with Gasteiger partial charge in [0.2, 0.25) is 0 Å². The minimum absolute atomic E-state index is 0.144. The van der Waals surface area contributed by atoms with E-state index in [0.717, 1.165) is 43.9 Å². The summed E-state index contributed by atoms with van der Waals surface area (Å²) in [6.07, 6.45) is 0. The molecule has 3 heterocycles. The lowest BCUT2D eigenvalue weighted by atomic mass is 9.81. The van der Waals surface area contributed by atoms with Crippen LogP contribution in [0.1, 0.15) is 25.0 Å². The summed E-state index contributed by atoms with van der Waals surface area (Å²) in [5.74, 6) is 0.565. The maximum Gasteiger partial charge on any atom is 0.255 e. The smallest absolute Gasteiger partial charge is 0.255 e. The van der Waals surface area contributed by atoms with Gasteiger partial charge in [-0.15, -0.1) is 10.2 Å².